The lowest BCUT2D eigenvalue weighted by molar-refractivity contribution is -0.125. The summed E-state index contributed by atoms with van der Waals surface area (Å²) in [6, 6.07) is 20.9. The minimum Gasteiger partial charge on any atom is -0.338 e. The number of anilines is 1. The number of piperidine rings is 1. The van der Waals surface area contributed by atoms with Crippen molar-refractivity contribution in [2.45, 2.75) is 24.8 Å². The second kappa shape index (κ2) is 6.89. The Morgan fingerprint density at radius 2 is 1.72 bits per heavy atom. The first-order valence-corrected chi connectivity index (χ1v) is 9.15. The number of nitrogens with zero attached hydrogens (tertiary/aromatic N) is 2. The van der Waals surface area contributed by atoms with Crippen LogP contribution in [0, 0.1) is 0 Å². The average Bonchev–Trinajstić information content (AvgIpc) is 2.97. The van der Waals surface area contributed by atoms with E-state index < -0.39 is 5.54 Å². The first-order chi connectivity index (χ1) is 12.3. The van der Waals surface area contributed by atoms with Gasteiger partial charge in [-0.1, -0.05) is 48.5 Å². The number of rotatable bonds is 4. The molecule has 1 unspecified atom stereocenters. The zero-order valence-corrected chi connectivity index (χ0v) is 14.5. The Bertz CT molecular complexity index is 718. The maximum absolute atomic E-state index is 12.8. The van der Waals surface area contributed by atoms with Crippen LogP contribution in [0.1, 0.15) is 18.4 Å². The lowest BCUT2D eigenvalue weighted by Gasteiger charge is -2.44. The highest BCUT2D eigenvalue weighted by molar-refractivity contribution is 5.93. The summed E-state index contributed by atoms with van der Waals surface area (Å²) in [5.41, 5.74) is 2.07. The first kappa shape index (κ1) is 16.2. The van der Waals surface area contributed by atoms with E-state index in [9.17, 15) is 4.79 Å². The monoisotopic (exact) mass is 335 g/mol. The van der Waals surface area contributed by atoms with Crippen molar-refractivity contribution in [2.24, 2.45) is 0 Å². The number of para-hydroxylation sites is 1. The van der Waals surface area contributed by atoms with Gasteiger partial charge in [-0.2, -0.15) is 0 Å². The van der Waals surface area contributed by atoms with Crippen LogP contribution in [0.4, 0.5) is 5.69 Å². The molecule has 25 heavy (non-hydrogen) atoms. The molecule has 0 aromatic heterocycles. The summed E-state index contributed by atoms with van der Waals surface area (Å²) in [4.78, 5) is 17.5. The van der Waals surface area contributed by atoms with E-state index in [0.29, 0.717) is 6.67 Å². The van der Waals surface area contributed by atoms with Gasteiger partial charge < -0.3 is 15.1 Å². The predicted octanol–water partition coefficient (Wildman–Crippen LogP) is 2.66. The molecule has 130 valence electrons. The fraction of sp³-hybridized carbons (Fsp3) is 0.381. The SMILES string of the molecule is O=C1NCN(c2ccccc2)C12CCCN(CCc1ccccc1)C2. The summed E-state index contributed by atoms with van der Waals surface area (Å²) < 4.78 is 0. The van der Waals surface area contributed by atoms with Crippen LogP contribution in [0.3, 0.4) is 0 Å². The van der Waals surface area contributed by atoms with Crippen LogP contribution in [0.5, 0.6) is 0 Å². The number of carbonyl (C=O) groups excluding carboxylic acids is 1. The topological polar surface area (TPSA) is 35.6 Å². The Hall–Kier alpha value is -2.33. The van der Waals surface area contributed by atoms with Gasteiger partial charge >= 0.3 is 0 Å². The van der Waals surface area contributed by atoms with Crippen molar-refractivity contribution < 1.29 is 4.79 Å². The molecule has 1 amide bonds. The molecule has 2 aromatic rings. The second-order valence-electron chi connectivity index (χ2n) is 7.07. The van der Waals surface area contributed by atoms with Gasteiger partial charge in [0.1, 0.15) is 5.54 Å². The molecular weight excluding hydrogens is 310 g/mol. The predicted molar refractivity (Wildman–Crippen MR) is 100 cm³/mol. The highest BCUT2D eigenvalue weighted by Gasteiger charge is 2.50. The normalized spacial score (nSPS) is 23.8. The molecule has 0 bridgehead atoms. The maximum atomic E-state index is 12.8. The number of amides is 1. The average molecular weight is 335 g/mol. The standard InChI is InChI=1S/C21H25N3O/c25-20-21(24(17-22-20)19-10-5-2-6-11-19)13-7-14-23(16-21)15-12-18-8-3-1-4-9-18/h1-6,8-11H,7,12-17H2,(H,22,25). The Labute approximate surface area is 149 Å². The van der Waals surface area contributed by atoms with Gasteiger partial charge in [0.05, 0.1) is 6.67 Å². The van der Waals surface area contributed by atoms with Crippen molar-refractivity contribution in [2.75, 3.05) is 31.2 Å². The van der Waals surface area contributed by atoms with Crippen molar-refractivity contribution in [3.05, 3.63) is 66.2 Å². The van der Waals surface area contributed by atoms with Crippen LogP contribution < -0.4 is 10.2 Å². The number of benzene rings is 2. The second-order valence-corrected chi connectivity index (χ2v) is 7.07. The van der Waals surface area contributed by atoms with Crippen molar-refractivity contribution >= 4 is 11.6 Å². The van der Waals surface area contributed by atoms with Crippen LogP contribution in [0.25, 0.3) is 0 Å². The van der Waals surface area contributed by atoms with E-state index in [-0.39, 0.29) is 5.91 Å². The zero-order valence-electron chi connectivity index (χ0n) is 14.5. The summed E-state index contributed by atoms with van der Waals surface area (Å²) in [6.45, 7) is 3.49. The highest BCUT2D eigenvalue weighted by Crippen LogP contribution is 2.35. The van der Waals surface area contributed by atoms with Gasteiger partial charge in [0.15, 0.2) is 0 Å². The van der Waals surface area contributed by atoms with Crippen LogP contribution in [-0.4, -0.2) is 42.6 Å². The number of nitrogens with one attached hydrogen (secondary N) is 1. The van der Waals surface area contributed by atoms with E-state index in [1.54, 1.807) is 0 Å². The van der Waals surface area contributed by atoms with Crippen molar-refractivity contribution in [3.8, 4) is 0 Å². The van der Waals surface area contributed by atoms with Crippen LogP contribution in [-0.2, 0) is 11.2 Å². The Balaban J connectivity index is 1.50. The smallest absolute Gasteiger partial charge is 0.248 e. The van der Waals surface area contributed by atoms with Gasteiger partial charge in [-0.05, 0) is 43.5 Å². The summed E-state index contributed by atoms with van der Waals surface area (Å²) in [6.07, 6.45) is 3.02. The zero-order chi connectivity index (χ0) is 17.1. The van der Waals surface area contributed by atoms with Crippen molar-refractivity contribution in [3.63, 3.8) is 0 Å². The maximum Gasteiger partial charge on any atom is 0.248 e. The molecule has 2 fully saturated rings. The molecule has 2 heterocycles. The fourth-order valence-electron chi connectivity index (χ4n) is 4.19. The quantitative estimate of drug-likeness (QED) is 0.933. The fourth-order valence-corrected chi connectivity index (χ4v) is 4.19. The molecule has 4 rings (SSSR count). The van der Waals surface area contributed by atoms with Crippen molar-refractivity contribution in [1.29, 1.82) is 0 Å². The molecule has 0 aliphatic carbocycles. The minimum atomic E-state index is -0.420. The molecule has 1 N–H and O–H groups in total. The molecule has 1 atom stereocenters. The molecule has 2 aliphatic rings. The van der Waals surface area contributed by atoms with Gasteiger partial charge in [0.2, 0.25) is 5.91 Å². The molecule has 0 saturated carbocycles. The first-order valence-electron chi connectivity index (χ1n) is 9.15. The third-order valence-corrected chi connectivity index (χ3v) is 5.51. The largest absolute Gasteiger partial charge is 0.338 e. The molecule has 0 radical (unpaired) electrons. The number of hydrogen-bond donors (Lipinski definition) is 1. The lowest BCUT2D eigenvalue weighted by Crippen LogP contribution is -2.60. The van der Waals surface area contributed by atoms with E-state index in [0.717, 1.165) is 44.6 Å². The molecule has 2 saturated heterocycles. The van der Waals surface area contributed by atoms with E-state index in [1.165, 1.54) is 5.56 Å². The summed E-state index contributed by atoms with van der Waals surface area (Å²) in [5, 5.41) is 3.08. The van der Waals surface area contributed by atoms with E-state index in [1.807, 2.05) is 18.2 Å². The molecule has 2 aromatic carbocycles. The lowest BCUT2D eigenvalue weighted by atomic mass is 9.87. The van der Waals surface area contributed by atoms with Gasteiger partial charge in [-0.25, -0.2) is 0 Å². The van der Waals surface area contributed by atoms with Crippen LogP contribution >= 0.6 is 0 Å². The van der Waals surface area contributed by atoms with Gasteiger partial charge in [-0.15, -0.1) is 0 Å². The summed E-state index contributed by atoms with van der Waals surface area (Å²) in [5.74, 6) is 0.181. The number of hydrogen-bond acceptors (Lipinski definition) is 3. The molecule has 2 aliphatic heterocycles. The molecule has 4 nitrogen and oxygen atoms in total. The summed E-state index contributed by atoms with van der Waals surface area (Å²) >= 11 is 0. The van der Waals surface area contributed by atoms with E-state index in [4.69, 9.17) is 0 Å². The van der Waals surface area contributed by atoms with Crippen molar-refractivity contribution in [1.82, 2.24) is 10.2 Å². The minimum absolute atomic E-state index is 0.181. The molecular formula is C21H25N3O. The summed E-state index contributed by atoms with van der Waals surface area (Å²) in [7, 11) is 0. The Morgan fingerprint density at radius 1 is 1.00 bits per heavy atom. The third-order valence-electron chi connectivity index (χ3n) is 5.51. The number of carbonyl (C=O) groups is 1. The molecule has 1 spiro atoms. The van der Waals surface area contributed by atoms with E-state index in [2.05, 4.69) is 57.6 Å². The van der Waals surface area contributed by atoms with Gasteiger partial charge in [0, 0.05) is 18.8 Å². The Kier molecular flexibility index (Phi) is 4.45. The molecule has 4 heteroatoms. The highest BCUT2D eigenvalue weighted by atomic mass is 16.2. The van der Waals surface area contributed by atoms with Crippen LogP contribution in [0.15, 0.2) is 60.7 Å². The van der Waals surface area contributed by atoms with Gasteiger partial charge in [-0.3, -0.25) is 4.79 Å². The van der Waals surface area contributed by atoms with E-state index >= 15 is 0 Å². The Morgan fingerprint density at radius 3 is 2.48 bits per heavy atom. The number of likely N-dealkylation sites (tertiary alicyclic amines) is 1. The third kappa shape index (κ3) is 3.14. The van der Waals surface area contributed by atoms with Gasteiger partial charge in [0.25, 0.3) is 0 Å². The van der Waals surface area contributed by atoms with Crippen LogP contribution in [0.2, 0.25) is 0 Å².